The van der Waals surface area contributed by atoms with Crippen LogP contribution in [-0.4, -0.2) is 27.0 Å². The van der Waals surface area contributed by atoms with Gasteiger partial charge in [0, 0.05) is 12.6 Å². The first-order valence-electron chi connectivity index (χ1n) is 11.1. The molecule has 35 heavy (non-hydrogen) atoms. The summed E-state index contributed by atoms with van der Waals surface area (Å²) in [7, 11) is 0. The predicted molar refractivity (Wildman–Crippen MR) is 132 cm³/mol. The third kappa shape index (κ3) is 5.94. The molecule has 11 nitrogen and oxygen atoms in total. The van der Waals surface area contributed by atoms with Gasteiger partial charge in [0.05, 0.1) is 11.5 Å². The monoisotopic (exact) mass is 481 g/mol. The number of ether oxygens (including phenoxy) is 1. The predicted octanol–water partition coefficient (Wildman–Crippen LogP) is 2.75. The molecule has 3 N–H and O–H groups in total. The van der Waals surface area contributed by atoms with E-state index in [0.29, 0.717) is 17.5 Å². The Hall–Kier alpha value is -4.41. The van der Waals surface area contributed by atoms with Crippen molar-refractivity contribution in [1.82, 2.24) is 9.55 Å². The van der Waals surface area contributed by atoms with Gasteiger partial charge in [0.1, 0.15) is 5.82 Å². The summed E-state index contributed by atoms with van der Waals surface area (Å²) in [6, 6.07) is 13.3. The summed E-state index contributed by atoms with van der Waals surface area (Å²) in [6.07, 6.45) is 1.43. The standard InChI is InChI=1S/C24H27N5O6/c1-3-4-12-27-22(25)21(23(31)26-24(27)32)28(14-17-8-6-5-7-9-17)20(30)15-35-19-11-10-16(2)13-18(19)29(33)34/h5-11,13H,3-4,12,14-15,25H2,1-2H3,(H,26,31,32). The quantitative estimate of drug-likeness (QED) is 0.333. The molecule has 0 radical (unpaired) electrons. The van der Waals surface area contributed by atoms with Crippen LogP contribution in [0.5, 0.6) is 5.75 Å². The van der Waals surface area contributed by atoms with E-state index in [-0.39, 0.29) is 36.0 Å². The Labute approximate surface area is 200 Å². The molecule has 1 amide bonds. The lowest BCUT2D eigenvalue weighted by molar-refractivity contribution is -0.385. The van der Waals surface area contributed by atoms with E-state index in [2.05, 4.69) is 4.98 Å². The molecule has 1 heterocycles. The maximum Gasteiger partial charge on any atom is 0.330 e. The first kappa shape index (κ1) is 25.2. The second kappa shape index (κ2) is 11.1. The molecule has 0 unspecified atom stereocenters. The summed E-state index contributed by atoms with van der Waals surface area (Å²) >= 11 is 0. The van der Waals surface area contributed by atoms with Crippen LogP contribution in [0.15, 0.2) is 58.1 Å². The Morgan fingerprint density at radius 1 is 1.20 bits per heavy atom. The second-order valence-corrected chi connectivity index (χ2v) is 7.98. The number of aromatic nitrogens is 2. The number of nitrogen functional groups attached to an aromatic ring is 1. The van der Waals surface area contributed by atoms with Crippen molar-refractivity contribution in [2.45, 2.75) is 39.8 Å². The summed E-state index contributed by atoms with van der Waals surface area (Å²) in [6.45, 7) is 3.29. The summed E-state index contributed by atoms with van der Waals surface area (Å²) in [5.74, 6) is -0.886. The Kier molecular flexibility index (Phi) is 8.03. The molecule has 0 aliphatic rings. The van der Waals surface area contributed by atoms with E-state index in [1.807, 2.05) is 6.92 Å². The highest BCUT2D eigenvalue weighted by atomic mass is 16.6. The van der Waals surface area contributed by atoms with E-state index in [1.54, 1.807) is 43.3 Å². The molecule has 0 atom stereocenters. The number of unbranched alkanes of at least 4 members (excludes halogenated alkanes) is 1. The highest BCUT2D eigenvalue weighted by Gasteiger charge is 2.26. The Morgan fingerprint density at radius 2 is 1.91 bits per heavy atom. The van der Waals surface area contributed by atoms with Gasteiger partial charge in [-0.15, -0.1) is 0 Å². The number of hydrogen-bond acceptors (Lipinski definition) is 7. The van der Waals surface area contributed by atoms with Crippen LogP contribution in [0.1, 0.15) is 30.9 Å². The number of nitro benzene ring substituents is 1. The van der Waals surface area contributed by atoms with Gasteiger partial charge in [0.15, 0.2) is 18.0 Å². The maximum atomic E-state index is 13.3. The topological polar surface area (TPSA) is 154 Å². The fourth-order valence-corrected chi connectivity index (χ4v) is 3.54. The van der Waals surface area contributed by atoms with Crippen molar-refractivity contribution >= 4 is 23.1 Å². The van der Waals surface area contributed by atoms with Crippen molar-refractivity contribution < 1.29 is 14.5 Å². The van der Waals surface area contributed by atoms with Crippen molar-refractivity contribution in [1.29, 1.82) is 0 Å². The fraction of sp³-hybridized carbons (Fsp3) is 0.292. The first-order chi connectivity index (χ1) is 16.7. The van der Waals surface area contributed by atoms with Gasteiger partial charge in [0.25, 0.3) is 11.5 Å². The summed E-state index contributed by atoms with van der Waals surface area (Å²) in [5, 5.41) is 11.4. The number of nitro groups is 1. The number of amides is 1. The molecule has 0 bridgehead atoms. The van der Waals surface area contributed by atoms with Gasteiger partial charge in [-0.3, -0.25) is 34.2 Å². The molecule has 1 aromatic heterocycles. The van der Waals surface area contributed by atoms with Crippen LogP contribution in [0.4, 0.5) is 17.2 Å². The summed E-state index contributed by atoms with van der Waals surface area (Å²) in [5.41, 5.74) is 5.65. The van der Waals surface area contributed by atoms with Crippen molar-refractivity contribution in [3.8, 4) is 5.75 Å². The van der Waals surface area contributed by atoms with Crippen LogP contribution in [-0.2, 0) is 17.9 Å². The van der Waals surface area contributed by atoms with Gasteiger partial charge >= 0.3 is 11.4 Å². The number of rotatable bonds is 10. The lowest BCUT2D eigenvalue weighted by atomic mass is 10.2. The van der Waals surface area contributed by atoms with Gasteiger partial charge in [-0.05, 0) is 30.5 Å². The highest BCUT2D eigenvalue weighted by Crippen LogP contribution is 2.28. The molecule has 0 saturated heterocycles. The summed E-state index contributed by atoms with van der Waals surface area (Å²) in [4.78, 5) is 52.6. The number of carbonyl (C=O) groups excluding carboxylic acids is 1. The number of carbonyl (C=O) groups is 1. The van der Waals surface area contributed by atoms with Crippen LogP contribution < -0.4 is 26.6 Å². The van der Waals surface area contributed by atoms with Gasteiger partial charge in [-0.1, -0.05) is 49.7 Å². The normalized spacial score (nSPS) is 10.7. The van der Waals surface area contributed by atoms with Crippen LogP contribution in [0, 0.1) is 17.0 Å². The molecule has 0 fully saturated rings. The minimum atomic E-state index is -0.814. The molecule has 0 saturated carbocycles. The number of nitrogens with one attached hydrogen (secondary N) is 1. The zero-order chi connectivity index (χ0) is 25.5. The van der Waals surface area contributed by atoms with Crippen molar-refractivity contribution in [3.05, 3.63) is 90.6 Å². The average molecular weight is 482 g/mol. The van der Waals surface area contributed by atoms with E-state index in [1.165, 1.54) is 16.7 Å². The zero-order valence-corrected chi connectivity index (χ0v) is 19.5. The van der Waals surface area contributed by atoms with Gasteiger partial charge < -0.3 is 10.5 Å². The number of anilines is 2. The molecule has 3 aromatic rings. The third-order valence-electron chi connectivity index (χ3n) is 5.37. The molecule has 0 aliphatic carbocycles. The zero-order valence-electron chi connectivity index (χ0n) is 19.5. The Bertz CT molecular complexity index is 1330. The van der Waals surface area contributed by atoms with Crippen molar-refractivity contribution in [2.24, 2.45) is 0 Å². The minimum absolute atomic E-state index is 0.0295. The SMILES string of the molecule is CCCCn1c(N)c(N(Cc2ccccc2)C(=O)COc2ccc(C)cc2[N+](=O)[O-])c(=O)[nH]c1=O. The Morgan fingerprint density at radius 3 is 2.57 bits per heavy atom. The van der Waals surface area contributed by atoms with E-state index in [4.69, 9.17) is 10.5 Å². The molecule has 0 aliphatic heterocycles. The van der Waals surface area contributed by atoms with E-state index in [0.717, 1.165) is 11.3 Å². The molecular weight excluding hydrogens is 454 g/mol. The van der Waals surface area contributed by atoms with Crippen molar-refractivity contribution in [3.63, 3.8) is 0 Å². The number of benzene rings is 2. The van der Waals surface area contributed by atoms with Gasteiger partial charge in [0.2, 0.25) is 0 Å². The Balaban J connectivity index is 2.00. The van der Waals surface area contributed by atoms with Crippen molar-refractivity contribution in [2.75, 3.05) is 17.2 Å². The van der Waals surface area contributed by atoms with E-state index < -0.39 is 28.7 Å². The van der Waals surface area contributed by atoms with Crippen LogP contribution in [0.25, 0.3) is 0 Å². The van der Waals surface area contributed by atoms with E-state index in [9.17, 15) is 24.5 Å². The lowest BCUT2D eigenvalue weighted by Crippen LogP contribution is -2.42. The largest absolute Gasteiger partial charge is 0.477 e. The molecule has 11 heteroatoms. The van der Waals surface area contributed by atoms with Crippen LogP contribution in [0.3, 0.4) is 0 Å². The number of aromatic amines is 1. The average Bonchev–Trinajstić information content (AvgIpc) is 2.82. The molecule has 0 spiro atoms. The molecular formula is C24H27N5O6. The first-order valence-corrected chi connectivity index (χ1v) is 11.1. The molecule has 184 valence electrons. The highest BCUT2D eigenvalue weighted by molar-refractivity contribution is 5.96. The molecule has 3 rings (SSSR count). The number of nitrogens with zero attached hydrogens (tertiary/aromatic N) is 3. The lowest BCUT2D eigenvalue weighted by Gasteiger charge is -2.24. The summed E-state index contributed by atoms with van der Waals surface area (Å²) < 4.78 is 6.72. The minimum Gasteiger partial charge on any atom is -0.477 e. The number of hydrogen-bond donors (Lipinski definition) is 2. The second-order valence-electron chi connectivity index (χ2n) is 7.98. The van der Waals surface area contributed by atoms with E-state index >= 15 is 0 Å². The van der Waals surface area contributed by atoms with Crippen LogP contribution >= 0.6 is 0 Å². The smallest absolute Gasteiger partial charge is 0.330 e. The number of nitrogens with two attached hydrogens (primary N) is 1. The van der Waals surface area contributed by atoms with Gasteiger partial charge in [-0.25, -0.2) is 4.79 Å². The van der Waals surface area contributed by atoms with Crippen LogP contribution in [0.2, 0.25) is 0 Å². The number of H-pyrrole nitrogens is 1. The third-order valence-corrected chi connectivity index (χ3v) is 5.37. The number of aryl methyl sites for hydroxylation is 1. The molecule has 2 aromatic carbocycles. The fourth-order valence-electron chi connectivity index (χ4n) is 3.54. The van der Waals surface area contributed by atoms with Gasteiger partial charge in [-0.2, -0.15) is 0 Å². The maximum absolute atomic E-state index is 13.3.